The Morgan fingerprint density at radius 1 is 1.02 bits per heavy atom. The molecule has 212 valence electrons. The van der Waals surface area contributed by atoms with E-state index in [-0.39, 0.29) is 23.7 Å². The van der Waals surface area contributed by atoms with Crippen LogP contribution in [0, 0.1) is 11.8 Å². The average Bonchev–Trinajstić information content (AvgIpc) is 3.09. The molecule has 2 aliphatic rings. The zero-order valence-corrected chi connectivity index (χ0v) is 23.9. The van der Waals surface area contributed by atoms with Gasteiger partial charge in [-0.3, -0.25) is 19.5 Å². The number of piperazine rings is 1. The molecule has 2 aromatic carbocycles. The lowest BCUT2D eigenvalue weighted by molar-refractivity contribution is -0.120. The fourth-order valence-corrected chi connectivity index (χ4v) is 4.80. The van der Waals surface area contributed by atoms with E-state index in [0.29, 0.717) is 22.9 Å². The van der Waals surface area contributed by atoms with Crippen LogP contribution in [-0.4, -0.2) is 85.1 Å². The second-order valence-corrected chi connectivity index (χ2v) is 10.8. The van der Waals surface area contributed by atoms with Gasteiger partial charge in [0.2, 0.25) is 0 Å². The summed E-state index contributed by atoms with van der Waals surface area (Å²) in [5.74, 6) is 7.59. The van der Waals surface area contributed by atoms with E-state index in [2.05, 4.69) is 52.8 Å². The monoisotopic (exact) mass is 553 g/mol. The fourth-order valence-electron chi connectivity index (χ4n) is 4.80. The Hall–Kier alpha value is -4.39. The van der Waals surface area contributed by atoms with Gasteiger partial charge in [0.15, 0.2) is 0 Å². The highest BCUT2D eigenvalue weighted by Gasteiger charge is 2.31. The Kier molecular flexibility index (Phi) is 8.24. The first-order chi connectivity index (χ1) is 19.7. The summed E-state index contributed by atoms with van der Waals surface area (Å²) >= 11 is 0. The van der Waals surface area contributed by atoms with Gasteiger partial charge in [0.25, 0.3) is 11.8 Å². The highest BCUT2D eigenvalue weighted by Crippen LogP contribution is 2.32. The maximum absolute atomic E-state index is 13.4. The van der Waals surface area contributed by atoms with Gasteiger partial charge in [-0.15, -0.1) is 0 Å². The molecular formula is C32H35N5O4. The second kappa shape index (κ2) is 12.0. The lowest BCUT2D eigenvalue weighted by Crippen LogP contribution is -2.53. The Morgan fingerprint density at radius 3 is 2.54 bits per heavy atom. The van der Waals surface area contributed by atoms with Crippen LogP contribution in [0.15, 0.2) is 66.9 Å². The third-order valence-corrected chi connectivity index (χ3v) is 7.41. The van der Waals surface area contributed by atoms with Crippen LogP contribution in [0.1, 0.15) is 29.9 Å². The molecule has 9 nitrogen and oxygen atoms in total. The molecule has 0 spiro atoms. The van der Waals surface area contributed by atoms with E-state index in [1.807, 2.05) is 48.5 Å². The van der Waals surface area contributed by atoms with Crippen LogP contribution in [-0.2, 0) is 4.79 Å². The highest BCUT2D eigenvalue weighted by molar-refractivity contribution is 6.03. The number of nitrogens with zero attached hydrogens (tertiary/aromatic N) is 4. The number of fused-ring (bicyclic) bond motifs is 1. The maximum atomic E-state index is 13.4. The predicted molar refractivity (Wildman–Crippen MR) is 157 cm³/mol. The molecule has 0 radical (unpaired) electrons. The summed E-state index contributed by atoms with van der Waals surface area (Å²) in [4.78, 5) is 36.8. The Labute approximate surface area is 241 Å². The molecule has 1 unspecified atom stereocenters. The molecule has 3 aromatic rings. The van der Waals surface area contributed by atoms with Crippen LogP contribution in [0.2, 0.25) is 0 Å². The first-order valence-corrected chi connectivity index (χ1v) is 13.7. The number of amides is 2. The largest absolute Gasteiger partial charge is 0.489 e. The van der Waals surface area contributed by atoms with E-state index in [4.69, 9.17) is 9.47 Å². The van der Waals surface area contributed by atoms with Gasteiger partial charge in [-0.1, -0.05) is 30.0 Å². The van der Waals surface area contributed by atoms with Crippen molar-refractivity contribution in [2.24, 2.45) is 0 Å². The summed E-state index contributed by atoms with van der Waals surface area (Å²) in [6.45, 7) is 8.26. The van der Waals surface area contributed by atoms with Crippen LogP contribution in [0.3, 0.4) is 0 Å². The molecule has 2 amide bonds. The minimum Gasteiger partial charge on any atom is -0.489 e. The van der Waals surface area contributed by atoms with Crippen LogP contribution >= 0.6 is 0 Å². The normalized spacial score (nSPS) is 17.9. The molecule has 1 N–H and O–H groups in total. The number of nitrogens with one attached hydrogen (secondary N) is 1. The molecule has 1 atom stereocenters. The molecule has 2 aliphatic heterocycles. The van der Waals surface area contributed by atoms with E-state index < -0.39 is 11.9 Å². The zero-order chi connectivity index (χ0) is 29.0. The van der Waals surface area contributed by atoms with Crippen molar-refractivity contribution in [3.63, 3.8) is 0 Å². The topological polar surface area (TPSA) is 87.2 Å². The van der Waals surface area contributed by atoms with Gasteiger partial charge in [0.1, 0.15) is 35.6 Å². The van der Waals surface area contributed by atoms with E-state index >= 15 is 0 Å². The van der Waals surface area contributed by atoms with Gasteiger partial charge in [-0.05, 0) is 57.3 Å². The molecule has 0 aliphatic carbocycles. The van der Waals surface area contributed by atoms with Crippen molar-refractivity contribution in [3.05, 3.63) is 78.1 Å². The minimum atomic E-state index is -0.897. The second-order valence-electron chi connectivity index (χ2n) is 10.8. The summed E-state index contributed by atoms with van der Waals surface area (Å²) < 4.78 is 11.8. The lowest BCUT2D eigenvalue weighted by atomic mass is 10.0. The number of benzene rings is 2. The molecule has 0 saturated carbocycles. The number of ether oxygens (including phenoxy) is 2. The molecule has 0 bridgehead atoms. The van der Waals surface area contributed by atoms with Crippen LogP contribution < -0.4 is 19.7 Å². The summed E-state index contributed by atoms with van der Waals surface area (Å²) in [7, 11) is 3.81. The number of carbonyl (C=O) groups is 2. The predicted octanol–water partition coefficient (Wildman–Crippen LogP) is 3.41. The number of likely N-dealkylation sites (N-methyl/N-ethyl adjacent to an activating group) is 2. The zero-order valence-electron chi connectivity index (χ0n) is 23.9. The first-order valence-electron chi connectivity index (χ1n) is 13.7. The number of pyridine rings is 1. The SMILES string of the molecule is CN1CCN(C(C)(C)C#Cc2ccc3c(c2)N(C)C(=O)C(NC(=O)c2cc(Oc4ccccc4)ccn2)CO3)CC1. The molecular weight excluding hydrogens is 518 g/mol. The molecule has 1 aromatic heterocycles. The van der Waals surface area contributed by atoms with Crippen molar-refractivity contribution < 1.29 is 19.1 Å². The van der Waals surface area contributed by atoms with E-state index in [9.17, 15) is 9.59 Å². The van der Waals surface area contributed by atoms with Crippen LogP contribution in [0.25, 0.3) is 0 Å². The quantitative estimate of drug-likeness (QED) is 0.485. The Balaban J connectivity index is 1.27. The number of anilines is 1. The number of para-hydroxylation sites is 1. The number of hydrogen-bond acceptors (Lipinski definition) is 7. The highest BCUT2D eigenvalue weighted by atomic mass is 16.5. The van der Waals surface area contributed by atoms with Crippen molar-refractivity contribution in [1.29, 1.82) is 0 Å². The number of carbonyl (C=O) groups excluding carboxylic acids is 2. The maximum Gasteiger partial charge on any atom is 0.270 e. The Morgan fingerprint density at radius 2 is 1.78 bits per heavy atom. The van der Waals surface area contributed by atoms with Gasteiger partial charge >= 0.3 is 0 Å². The van der Waals surface area contributed by atoms with Crippen molar-refractivity contribution in [2.75, 3.05) is 51.8 Å². The van der Waals surface area contributed by atoms with Crippen molar-refractivity contribution in [2.45, 2.75) is 25.4 Å². The average molecular weight is 554 g/mol. The van der Waals surface area contributed by atoms with E-state index in [1.165, 1.54) is 17.2 Å². The summed E-state index contributed by atoms with van der Waals surface area (Å²) in [6, 6.07) is 17.1. The summed E-state index contributed by atoms with van der Waals surface area (Å²) in [5, 5.41) is 2.77. The molecule has 3 heterocycles. The van der Waals surface area contributed by atoms with E-state index in [1.54, 1.807) is 13.1 Å². The number of rotatable bonds is 5. The van der Waals surface area contributed by atoms with Gasteiger partial charge in [0.05, 0.1) is 11.2 Å². The van der Waals surface area contributed by atoms with Crippen molar-refractivity contribution in [3.8, 4) is 29.1 Å². The molecule has 41 heavy (non-hydrogen) atoms. The molecule has 9 heteroatoms. The van der Waals surface area contributed by atoms with Gasteiger partial charge < -0.3 is 24.6 Å². The van der Waals surface area contributed by atoms with E-state index in [0.717, 1.165) is 31.7 Å². The molecule has 1 fully saturated rings. The number of aromatic nitrogens is 1. The summed E-state index contributed by atoms with van der Waals surface area (Å²) in [6.07, 6.45) is 1.49. The minimum absolute atomic E-state index is 0.0103. The molecule has 1 saturated heterocycles. The third-order valence-electron chi connectivity index (χ3n) is 7.41. The fraction of sp³-hybridized carbons (Fsp3) is 0.344. The van der Waals surface area contributed by atoms with Crippen LogP contribution in [0.5, 0.6) is 17.2 Å². The molecule has 5 rings (SSSR count). The lowest BCUT2D eigenvalue weighted by Gasteiger charge is -2.40. The van der Waals surface area contributed by atoms with Gasteiger partial charge in [-0.2, -0.15) is 0 Å². The smallest absolute Gasteiger partial charge is 0.270 e. The van der Waals surface area contributed by atoms with Crippen molar-refractivity contribution >= 4 is 17.5 Å². The standard InChI is InChI=1S/C32H35N5O4/c1-32(2,37-18-16-35(3)17-19-37)14-12-23-10-11-29-28(20-23)36(4)31(39)27(22-40-29)34-30(38)26-21-25(13-15-33-26)41-24-8-6-5-7-9-24/h5-11,13,15,20-21,27H,16-19,22H2,1-4H3,(H,34,38). The van der Waals surface area contributed by atoms with Crippen molar-refractivity contribution in [1.82, 2.24) is 20.1 Å². The summed E-state index contributed by atoms with van der Waals surface area (Å²) in [5.41, 5.74) is 1.25. The first kappa shape index (κ1) is 28.1. The Bertz CT molecular complexity index is 1470. The number of hydrogen-bond donors (Lipinski definition) is 1. The van der Waals surface area contributed by atoms with Gasteiger partial charge in [-0.25, -0.2) is 0 Å². The third kappa shape index (κ3) is 6.68. The van der Waals surface area contributed by atoms with Crippen LogP contribution in [0.4, 0.5) is 5.69 Å². The van der Waals surface area contributed by atoms with Gasteiger partial charge in [0, 0.05) is 51.1 Å².